The van der Waals surface area contributed by atoms with Crippen LogP contribution in [-0.4, -0.2) is 54.6 Å². The number of rotatable bonds is 8. The molecule has 2 fully saturated rings. The van der Waals surface area contributed by atoms with E-state index in [2.05, 4.69) is 6.58 Å². The number of fused-ring (bicyclic) bond motifs is 1. The van der Waals surface area contributed by atoms with Gasteiger partial charge < -0.3 is 18.9 Å². The van der Waals surface area contributed by atoms with Gasteiger partial charge in [0.25, 0.3) is 0 Å². The quantitative estimate of drug-likeness (QED) is 0.266. The van der Waals surface area contributed by atoms with Crippen molar-refractivity contribution in [2.24, 2.45) is 22.7 Å². The third-order valence-corrected chi connectivity index (χ3v) is 7.85. The average molecular weight is 521 g/mol. The number of carbonyl (C=O) groups is 5. The van der Waals surface area contributed by atoms with Gasteiger partial charge in [0.15, 0.2) is 11.9 Å². The molecule has 0 aliphatic heterocycles. The second kappa shape index (κ2) is 11.6. The summed E-state index contributed by atoms with van der Waals surface area (Å²) in [7, 11) is 0. The lowest BCUT2D eigenvalue weighted by atomic mass is 9.45. The van der Waals surface area contributed by atoms with Crippen molar-refractivity contribution in [2.75, 3.05) is 6.61 Å². The first-order chi connectivity index (χ1) is 17.0. The molecule has 0 N–H and O–H groups in total. The molecule has 2 rings (SSSR count). The van der Waals surface area contributed by atoms with E-state index in [4.69, 9.17) is 18.9 Å². The predicted octanol–water partition coefficient (Wildman–Crippen LogP) is 3.88. The Bertz CT molecular complexity index is 992. The lowest BCUT2D eigenvalue weighted by Crippen LogP contribution is -2.63. The summed E-state index contributed by atoms with van der Waals surface area (Å²) in [5.74, 6) is -3.22. The minimum absolute atomic E-state index is 0.0239. The summed E-state index contributed by atoms with van der Waals surface area (Å²) in [5, 5.41) is 0. The number of hydrogen-bond acceptors (Lipinski definition) is 9. The van der Waals surface area contributed by atoms with E-state index in [0.717, 1.165) is 0 Å². The van der Waals surface area contributed by atoms with Gasteiger partial charge in [-0.15, -0.1) is 0 Å². The van der Waals surface area contributed by atoms with Crippen molar-refractivity contribution in [3.63, 3.8) is 0 Å². The molecule has 2 saturated carbocycles. The van der Waals surface area contributed by atoms with E-state index in [1.807, 2.05) is 20.8 Å². The molecule has 9 heteroatoms. The highest BCUT2D eigenvalue weighted by atomic mass is 16.6. The van der Waals surface area contributed by atoms with Crippen molar-refractivity contribution in [1.82, 2.24) is 0 Å². The van der Waals surface area contributed by atoms with Gasteiger partial charge in [0.05, 0.1) is 0 Å². The van der Waals surface area contributed by atoms with E-state index >= 15 is 0 Å². The van der Waals surface area contributed by atoms with E-state index in [1.54, 1.807) is 13.0 Å². The van der Waals surface area contributed by atoms with Crippen LogP contribution in [-0.2, 0) is 42.9 Å². The molecule has 0 bridgehead atoms. The maximum atomic E-state index is 13.9. The van der Waals surface area contributed by atoms with Crippen LogP contribution < -0.4 is 0 Å². The Kier molecular flexibility index (Phi) is 9.49. The summed E-state index contributed by atoms with van der Waals surface area (Å²) in [4.78, 5) is 60.9. The number of ketones is 1. The standard InChI is InChI=1S/C28H40O9/c1-15(11-13-34-17(3)29)22(35-18(4)30)14-21-16(2)25(37-20(6)32)24(33)26-27(7,8)23(36-19(5)31)10-12-28(21,26)9/h11,21-23,25-26H,2,10,12-14H2,1,3-9H3/b15-11+/t21-,22-,23-,25+,26-,28-/m1/s1. The van der Waals surface area contributed by atoms with Gasteiger partial charge in [0.2, 0.25) is 0 Å². The van der Waals surface area contributed by atoms with Crippen LogP contribution in [0.1, 0.15) is 74.7 Å². The lowest BCUT2D eigenvalue weighted by molar-refractivity contribution is -0.188. The van der Waals surface area contributed by atoms with Gasteiger partial charge in [0, 0.05) is 39.0 Å². The summed E-state index contributed by atoms with van der Waals surface area (Å²) < 4.78 is 21.8. The first-order valence-electron chi connectivity index (χ1n) is 12.6. The van der Waals surface area contributed by atoms with E-state index in [0.29, 0.717) is 24.0 Å². The largest absolute Gasteiger partial charge is 0.462 e. The number of ether oxygens (including phenoxy) is 4. The van der Waals surface area contributed by atoms with Gasteiger partial charge in [0.1, 0.15) is 18.8 Å². The highest BCUT2D eigenvalue weighted by Crippen LogP contribution is 2.61. The zero-order chi connectivity index (χ0) is 28.3. The van der Waals surface area contributed by atoms with Crippen LogP contribution in [0.5, 0.6) is 0 Å². The van der Waals surface area contributed by atoms with Crippen molar-refractivity contribution in [3.05, 3.63) is 23.8 Å². The maximum Gasteiger partial charge on any atom is 0.303 e. The van der Waals surface area contributed by atoms with Crippen molar-refractivity contribution in [1.29, 1.82) is 0 Å². The molecule has 0 unspecified atom stereocenters. The molecular formula is C28H40O9. The molecule has 0 saturated heterocycles. The molecule has 37 heavy (non-hydrogen) atoms. The third kappa shape index (κ3) is 6.67. The van der Waals surface area contributed by atoms with Gasteiger partial charge in [-0.25, -0.2) is 0 Å². The van der Waals surface area contributed by atoms with Crippen LogP contribution in [0.15, 0.2) is 23.8 Å². The molecule has 0 radical (unpaired) electrons. The molecule has 6 atom stereocenters. The number of esters is 4. The van der Waals surface area contributed by atoms with E-state index in [1.165, 1.54) is 27.7 Å². The highest BCUT2D eigenvalue weighted by molar-refractivity contribution is 5.93. The Hall–Kier alpha value is -2.97. The van der Waals surface area contributed by atoms with Crippen molar-refractivity contribution in [2.45, 2.75) is 93.0 Å². The third-order valence-electron chi connectivity index (χ3n) is 7.85. The zero-order valence-corrected chi connectivity index (χ0v) is 23.2. The fourth-order valence-corrected chi connectivity index (χ4v) is 6.30. The Labute approximate surface area is 218 Å². The minimum atomic E-state index is -1.17. The molecule has 9 nitrogen and oxygen atoms in total. The predicted molar refractivity (Wildman–Crippen MR) is 134 cm³/mol. The smallest absolute Gasteiger partial charge is 0.303 e. The topological polar surface area (TPSA) is 122 Å². The Morgan fingerprint density at radius 3 is 2.08 bits per heavy atom. The normalized spacial score (nSPS) is 30.0. The van der Waals surface area contributed by atoms with Crippen LogP contribution in [0, 0.1) is 22.7 Å². The number of hydrogen-bond donors (Lipinski definition) is 0. The Morgan fingerprint density at radius 2 is 1.57 bits per heavy atom. The summed E-state index contributed by atoms with van der Waals surface area (Å²) in [6.07, 6.45) is 0.696. The van der Waals surface area contributed by atoms with Crippen LogP contribution >= 0.6 is 0 Å². The molecule has 2 aliphatic rings. The SMILES string of the molecule is C=C1[C@H](OC(C)=O)C(=O)[C@@H]2C(C)(C)[C@H](OC(C)=O)CC[C@]2(C)[C@@H]1C[C@@H](OC(C)=O)/C(C)=C/COC(C)=O. The van der Waals surface area contributed by atoms with Gasteiger partial charge in [-0.1, -0.05) is 27.4 Å². The number of carbonyl (C=O) groups excluding carboxylic acids is 5. The Balaban J connectivity index is 2.56. The second-order valence-corrected chi connectivity index (χ2v) is 11.0. The monoisotopic (exact) mass is 520 g/mol. The van der Waals surface area contributed by atoms with Crippen LogP contribution in [0.2, 0.25) is 0 Å². The summed E-state index contributed by atoms with van der Waals surface area (Å²) in [6.45, 7) is 17.0. The van der Waals surface area contributed by atoms with Gasteiger partial charge in [-0.3, -0.25) is 24.0 Å². The molecule has 0 aromatic heterocycles. The first kappa shape index (κ1) is 30.3. The van der Waals surface area contributed by atoms with Gasteiger partial charge in [-0.2, -0.15) is 0 Å². The molecule has 0 heterocycles. The second-order valence-electron chi connectivity index (χ2n) is 11.0. The zero-order valence-electron chi connectivity index (χ0n) is 23.2. The first-order valence-corrected chi connectivity index (χ1v) is 12.6. The maximum absolute atomic E-state index is 13.9. The lowest BCUT2D eigenvalue weighted by Gasteiger charge is -2.59. The number of Topliss-reactive ketones (excluding diaryl/α,β-unsaturated/α-hetero) is 1. The van der Waals surface area contributed by atoms with Gasteiger partial charge >= 0.3 is 23.9 Å². The van der Waals surface area contributed by atoms with Gasteiger partial charge in [-0.05, 0) is 54.7 Å². The summed E-state index contributed by atoms with van der Waals surface area (Å²) >= 11 is 0. The van der Waals surface area contributed by atoms with E-state index in [9.17, 15) is 24.0 Å². The van der Waals surface area contributed by atoms with Crippen molar-refractivity contribution >= 4 is 29.7 Å². The highest BCUT2D eigenvalue weighted by Gasteiger charge is 2.64. The molecule has 2 aliphatic carbocycles. The molecule has 206 valence electrons. The molecular weight excluding hydrogens is 480 g/mol. The fourth-order valence-electron chi connectivity index (χ4n) is 6.30. The molecule has 0 aromatic rings. The average Bonchev–Trinajstić information content (AvgIpc) is 2.74. The van der Waals surface area contributed by atoms with Crippen LogP contribution in [0.4, 0.5) is 0 Å². The van der Waals surface area contributed by atoms with Crippen molar-refractivity contribution in [3.8, 4) is 0 Å². The molecule has 0 spiro atoms. The minimum Gasteiger partial charge on any atom is -0.462 e. The van der Waals surface area contributed by atoms with Crippen LogP contribution in [0.3, 0.4) is 0 Å². The molecule has 0 amide bonds. The van der Waals surface area contributed by atoms with E-state index < -0.39 is 58.9 Å². The Morgan fingerprint density at radius 1 is 0.973 bits per heavy atom. The van der Waals surface area contributed by atoms with Crippen molar-refractivity contribution < 1.29 is 42.9 Å². The summed E-state index contributed by atoms with van der Waals surface area (Å²) in [5.41, 5.74) is -0.270. The molecule has 0 aromatic carbocycles. The summed E-state index contributed by atoms with van der Waals surface area (Å²) in [6, 6.07) is 0. The van der Waals surface area contributed by atoms with E-state index in [-0.39, 0.29) is 24.7 Å². The fraction of sp³-hybridized carbons (Fsp3) is 0.679. The van der Waals surface area contributed by atoms with Crippen LogP contribution in [0.25, 0.3) is 0 Å².